The third-order valence-electron chi connectivity index (χ3n) is 5.69. The molecule has 9 heteroatoms. The van der Waals surface area contributed by atoms with Gasteiger partial charge >= 0.3 is 0 Å². The van der Waals surface area contributed by atoms with Crippen LogP contribution in [-0.2, 0) is 27.8 Å². The second-order valence-corrected chi connectivity index (χ2v) is 9.39. The largest absolute Gasteiger partial charge is 0.493 e. The topological polar surface area (TPSA) is 94.2 Å². The number of carbonyl (C=O) groups excluding carboxylic acids is 1. The molecular formula is C22H26N2O6S. The van der Waals surface area contributed by atoms with Crippen molar-refractivity contribution in [2.45, 2.75) is 30.7 Å². The number of sulfonamides is 1. The molecule has 2 aromatic rings. The molecule has 31 heavy (non-hydrogen) atoms. The maximum Gasteiger partial charge on any atom is 0.240 e. The van der Waals surface area contributed by atoms with Gasteiger partial charge in [-0.3, -0.25) is 4.79 Å². The maximum absolute atomic E-state index is 12.9. The molecule has 1 aliphatic carbocycles. The van der Waals surface area contributed by atoms with Gasteiger partial charge in [0, 0.05) is 30.3 Å². The van der Waals surface area contributed by atoms with Crippen molar-refractivity contribution in [3.8, 4) is 17.2 Å². The molecular weight excluding hydrogens is 420 g/mol. The molecule has 4 rings (SSSR count). The number of hydrogen-bond donors (Lipinski definition) is 1. The Hall–Kier alpha value is -2.78. The van der Waals surface area contributed by atoms with Gasteiger partial charge in [-0.15, -0.1) is 0 Å². The third-order valence-corrected chi connectivity index (χ3v) is 7.09. The standard InChI is InChI=1S/C22H26N2O6S/c1-28-19-9-6-16(20(29-2)21(19)30-3)13-23-31(26,27)17-7-8-18-15(12-17)10-11-24(18)22(25)14-4-5-14/h6-9,12,14,23H,4-5,10-11,13H2,1-3H3. The highest BCUT2D eigenvalue weighted by atomic mass is 32.2. The van der Waals surface area contributed by atoms with Crippen LogP contribution in [0.2, 0.25) is 0 Å². The van der Waals surface area contributed by atoms with E-state index in [1.54, 1.807) is 35.2 Å². The number of carbonyl (C=O) groups is 1. The molecule has 8 nitrogen and oxygen atoms in total. The third kappa shape index (κ3) is 4.07. The Morgan fingerprint density at radius 1 is 1.06 bits per heavy atom. The molecule has 1 heterocycles. The maximum atomic E-state index is 12.9. The number of methoxy groups -OCH3 is 3. The van der Waals surface area contributed by atoms with Gasteiger partial charge in [0.05, 0.1) is 26.2 Å². The van der Waals surface area contributed by atoms with E-state index in [9.17, 15) is 13.2 Å². The number of ether oxygens (including phenoxy) is 3. The summed E-state index contributed by atoms with van der Waals surface area (Å²) in [7, 11) is 0.744. The Balaban J connectivity index is 1.53. The van der Waals surface area contributed by atoms with Gasteiger partial charge in [-0.2, -0.15) is 0 Å². The van der Waals surface area contributed by atoms with Gasteiger partial charge in [0.25, 0.3) is 0 Å². The zero-order valence-electron chi connectivity index (χ0n) is 17.8. The SMILES string of the molecule is COc1ccc(CNS(=O)(=O)c2ccc3c(c2)CCN3C(=O)C2CC2)c(OC)c1OC. The number of hydrogen-bond acceptors (Lipinski definition) is 6. The fourth-order valence-corrected chi connectivity index (χ4v) is 4.94. The van der Waals surface area contributed by atoms with Crippen molar-refractivity contribution < 1.29 is 27.4 Å². The Morgan fingerprint density at radius 3 is 2.45 bits per heavy atom. The van der Waals surface area contributed by atoms with E-state index in [0.29, 0.717) is 35.8 Å². The van der Waals surface area contributed by atoms with Gasteiger partial charge in [-0.1, -0.05) is 6.07 Å². The van der Waals surface area contributed by atoms with Crippen molar-refractivity contribution in [3.05, 3.63) is 41.5 Å². The van der Waals surface area contributed by atoms with Gasteiger partial charge in [-0.05, 0) is 49.1 Å². The Kier molecular flexibility index (Phi) is 5.81. The highest BCUT2D eigenvalue weighted by Gasteiger charge is 2.36. The highest BCUT2D eigenvalue weighted by Crippen LogP contribution is 2.40. The van der Waals surface area contributed by atoms with E-state index in [2.05, 4.69) is 4.72 Å². The molecule has 0 atom stereocenters. The van der Waals surface area contributed by atoms with E-state index < -0.39 is 10.0 Å². The molecule has 2 aromatic carbocycles. The smallest absolute Gasteiger partial charge is 0.240 e. The molecule has 0 radical (unpaired) electrons. The van der Waals surface area contributed by atoms with Gasteiger partial charge in [0.15, 0.2) is 11.5 Å². The first-order valence-corrected chi connectivity index (χ1v) is 11.6. The van der Waals surface area contributed by atoms with E-state index in [1.807, 2.05) is 0 Å². The van der Waals surface area contributed by atoms with Gasteiger partial charge in [-0.25, -0.2) is 13.1 Å². The summed E-state index contributed by atoms with van der Waals surface area (Å²) < 4.78 is 44.5. The number of amides is 1. The Labute approximate surface area is 182 Å². The molecule has 1 N–H and O–H groups in total. The van der Waals surface area contributed by atoms with Crippen LogP contribution in [0.3, 0.4) is 0 Å². The molecule has 1 amide bonds. The van der Waals surface area contributed by atoms with E-state index in [4.69, 9.17) is 14.2 Å². The summed E-state index contributed by atoms with van der Waals surface area (Å²) in [6.45, 7) is 0.625. The molecule has 2 aliphatic rings. The van der Waals surface area contributed by atoms with Crippen molar-refractivity contribution in [2.24, 2.45) is 5.92 Å². The van der Waals surface area contributed by atoms with Crippen LogP contribution in [-0.4, -0.2) is 42.2 Å². The van der Waals surface area contributed by atoms with Crippen LogP contribution in [0.4, 0.5) is 5.69 Å². The lowest BCUT2D eigenvalue weighted by Gasteiger charge is -2.18. The van der Waals surface area contributed by atoms with Crippen LogP contribution in [0.5, 0.6) is 17.2 Å². The minimum absolute atomic E-state index is 0.0231. The van der Waals surface area contributed by atoms with Crippen molar-refractivity contribution in [1.82, 2.24) is 4.72 Å². The van der Waals surface area contributed by atoms with Crippen LogP contribution in [0.1, 0.15) is 24.0 Å². The predicted molar refractivity (Wildman–Crippen MR) is 115 cm³/mol. The first-order chi connectivity index (χ1) is 14.9. The van der Waals surface area contributed by atoms with Gasteiger partial charge in [0.2, 0.25) is 21.7 Å². The second kappa shape index (κ2) is 8.39. The number of fused-ring (bicyclic) bond motifs is 1. The fourth-order valence-electron chi connectivity index (χ4n) is 3.88. The van der Waals surface area contributed by atoms with Crippen LogP contribution >= 0.6 is 0 Å². The summed E-state index contributed by atoms with van der Waals surface area (Å²) in [5.41, 5.74) is 2.31. The van der Waals surface area contributed by atoms with Crippen molar-refractivity contribution >= 4 is 21.6 Å². The normalized spacial score (nSPS) is 15.5. The summed E-state index contributed by atoms with van der Waals surface area (Å²) in [5, 5.41) is 0. The van der Waals surface area contributed by atoms with Gasteiger partial charge in [0.1, 0.15) is 0 Å². The fraction of sp³-hybridized carbons (Fsp3) is 0.409. The van der Waals surface area contributed by atoms with Crippen molar-refractivity contribution in [3.63, 3.8) is 0 Å². The zero-order valence-corrected chi connectivity index (χ0v) is 18.6. The highest BCUT2D eigenvalue weighted by molar-refractivity contribution is 7.89. The van der Waals surface area contributed by atoms with Gasteiger partial charge < -0.3 is 19.1 Å². The lowest BCUT2D eigenvalue weighted by atomic mass is 10.1. The van der Waals surface area contributed by atoms with E-state index >= 15 is 0 Å². The Morgan fingerprint density at radius 2 is 1.81 bits per heavy atom. The lowest BCUT2D eigenvalue weighted by molar-refractivity contribution is -0.119. The molecule has 1 fully saturated rings. The molecule has 0 aromatic heterocycles. The minimum Gasteiger partial charge on any atom is -0.493 e. The first-order valence-electron chi connectivity index (χ1n) is 10.1. The number of benzene rings is 2. The number of nitrogens with one attached hydrogen (secondary N) is 1. The average molecular weight is 447 g/mol. The minimum atomic E-state index is -3.76. The van der Waals surface area contributed by atoms with Crippen LogP contribution in [0.15, 0.2) is 35.2 Å². The Bertz CT molecular complexity index is 1110. The van der Waals surface area contributed by atoms with Crippen molar-refractivity contribution in [2.75, 3.05) is 32.8 Å². The van der Waals surface area contributed by atoms with E-state index in [-0.39, 0.29) is 23.3 Å². The summed E-state index contributed by atoms with van der Waals surface area (Å²) in [6, 6.07) is 8.36. The lowest BCUT2D eigenvalue weighted by Crippen LogP contribution is -2.30. The van der Waals surface area contributed by atoms with E-state index in [0.717, 1.165) is 24.1 Å². The van der Waals surface area contributed by atoms with E-state index in [1.165, 1.54) is 21.3 Å². The summed E-state index contributed by atoms with van der Waals surface area (Å²) in [5.74, 6) is 1.59. The summed E-state index contributed by atoms with van der Waals surface area (Å²) >= 11 is 0. The second-order valence-electron chi connectivity index (χ2n) is 7.62. The average Bonchev–Trinajstić information content (AvgIpc) is 3.55. The number of nitrogens with zero attached hydrogens (tertiary/aromatic N) is 1. The quantitative estimate of drug-likeness (QED) is 0.670. The molecule has 0 spiro atoms. The van der Waals surface area contributed by atoms with Crippen molar-refractivity contribution in [1.29, 1.82) is 0 Å². The summed E-state index contributed by atoms with van der Waals surface area (Å²) in [6.07, 6.45) is 2.54. The van der Waals surface area contributed by atoms with Crippen LogP contribution < -0.4 is 23.8 Å². The zero-order chi connectivity index (χ0) is 22.2. The van der Waals surface area contributed by atoms with Crippen LogP contribution in [0, 0.1) is 5.92 Å². The molecule has 0 unspecified atom stereocenters. The molecule has 166 valence electrons. The molecule has 1 aliphatic heterocycles. The first kappa shape index (κ1) is 21.5. The number of rotatable bonds is 8. The van der Waals surface area contributed by atoms with Crippen LogP contribution in [0.25, 0.3) is 0 Å². The molecule has 1 saturated carbocycles. The molecule has 0 bridgehead atoms. The number of anilines is 1. The molecule has 0 saturated heterocycles. The monoisotopic (exact) mass is 446 g/mol. The summed E-state index contributed by atoms with van der Waals surface area (Å²) in [4.78, 5) is 14.4. The predicted octanol–water partition coefficient (Wildman–Crippen LogP) is 2.49.